The van der Waals surface area contributed by atoms with E-state index in [9.17, 15) is 4.79 Å². The number of hydrogen-bond acceptors (Lipinski definition) is 3. The van der Waals surface area contributed by atoms with Crippen LogP contribution in [0.3, 0.4) is 0 Å². The van der Waals surface area contributed by atoms with Gasteiger partial charge in [0.25, 0.3) is 0 Å². The van der Waals surface area contributed by atoms with E-state index in [1.54, 1.807) is 11.9 Å². The monoisotopic (exact) mass is 135 g/mol. The second-order valence-electron chi connectivity index (χ2n) is 1.70. The van der Waals surface area contributed by atoms with Crippen molar-refractivity contribution in [3.8, 4) is 0 Å². The molecule has 0 saturated carbocycles. The number of carbonyl (C=O) groups is 1. The lowest BCUT2D eigenvalue weighted by molar-refractivity contribution is -0.138. The SMILES string of the molecule is CN1CC(=O)O[C@@H]1Cl. The van der Waals surface area contributed by atoms with Gasteiger partial charge in [0.2, 0.25) is 5.69 Å². The molecule has 4 heteroatoms. The van der Waals surface area contributed by atoms with Gasteiger partial charge in [0.15, 0.2) is 0 Å². The molecular weight excluding hydrogens is 130 g/mol. The van der Waals surface area contributed by atoms with Crippen LogP contribution in [0.15, 0.2) is 0 Å². The zero-order chi connectivity index (χ0) is 6.15. The van der Waals surface area contributed by atoms with Crippen molar-refractivity contribution >= 4 is 17.6 Å². The Morgan fingerprint density at radius 3 is 2.75 bits per heavy atom. The maximum atomic E-state index is 10.3. The molecule has 1 fully saturated rings. The molecule has 0 aromatic rings. The number of ether oxygens (including phenoxy) is 1. The average Bonchev–Trinajstić information content (AvgIpc) is 1.85. The van der Waals surface area contributed by atoms with Crippen LogP contribution in [-0.4, -0.2) is 30.1 Å². The fourth-order valence-electron chi connectivity index (χ4n) is 0.511. The third-order valence-electron chi connectivity index (χ3n) is 0.954. The van der Waals surface area contributed by atoms with Crippen molar-refractivity contribution in [3.63, 3.8) is 0 Å². The van der Waals surface area contributed by atoms with Gasteiger partial charge < -0.3 is 4.74 Å². The van der Waals surface area contributed by atoms with Crippen LogP contribution < -0.4 is 0 Å². The van der Waals surface area contributed by atoms with Crippen molar-refractivity contribution in [2.75, 3.05) is 13.6 Å². The van der Waals surface area contributed by atoms with E-state index in [1.165, 1.54) is 0 Å². The molecule has 1 rings (SSSR count). The molecule has 0 radical (unpaired) electrons. The number of hydrogen-bond donors (Lipinski definition) is 0. The zero-order valence-electron chi connectivity index (χ0n) is 4.43. The van der Waals surface area contributed by atoms with E-state index >= 15 is 0 Å². The Morgan fingerprint density at radius 2 is 2.62 bits per heavy atom. The highest BCUT2D eigenvalue weighted by molar-refractivity contribution is 6.20. The van der Waals surface area contributed by atoms with E-state index in [0.717, 1.165) is 0 Å². The minimum absolute atomic E-state index is 0.257. The molecule has 0 aliphatic carbocycles. The number of alkyl halides is 1. The van der Waals surface area contributed by atoms with Crippen LogP contribution in [-0.2, 0) is 9.53 Å². The number of halogens is 1. The first-order valence-electron chi connectivity index (χ1n) is 2.24. The summed E-state index contributed by atoms with van der Waals surface area (Å²) in [6.45, 7) is 0.300. The summed E-state index contributed by atoms with van der Waals surface area (Å²) in [6.07, 6.45) is 0. The number of cyclic esters (lactones) is 1. The first kappa shape index (κ1) is 5.85. The Labute approximate surface area is 52.2 Å². The van der Waals surface area contributed by atoms with Gasteiger partial charge >= 0.3 is 5.97 Å². The highest BCUT2D eigenvalue weighted by atomic mass is 35.5. The summed E-state index contributed by atoms with van der Waals surface area (Å²) in [4.78, 5) is 11.9. The largest absolute Gasteiger partial charge is 0.431 e. The number of esters is 1. The second kappa shape index (κ2) is 1.91. The predicted molar refractivity (Wildman–Crippen MR) is 28.4 cm³/mol. The minimum Gasteiger partial charge on any atom is -0.431 e. The minimum atomic E-state index is -0.553. The standard InChI is InChI=1S/C4H6ClNO2/c1-6-2-3(7)8-4(6)5/h4H,2H2,1H3/t4-/m1/s1. The first-order chi connectivity index (χ1) is 3.70. The molecule has 0 N–H and O–H groups in total. The molecule has 46 valence electrons. The normalized spacial score (nSPS) is 30.8. The lowest BCUT2D eigenvalue weighted by atomic mass is 10.6. The lowest BCUT2D eigenvalue weighted by Crippen LogP contribution is -2.19. The van der Waals surface area contributed by atoms with Gasteiger partial charge in [0, 0.05) is 0 Å². The summed E-state index contributed by atoms with van der Waals surface area (Å²) < 4.78 is 4.53. The molecule has 1 aliphatic heterocycles. The Morgan fingerprint density at radius 1 is 2.00 bits per heavy atom. The zero-order valence-corrected chi connectivity index (χ0v) is 5.18. The van der Waals surface area contributed by atoms with E-state index in [-0.39, 0.29) is 5.97 Å². The van der Waals surface area contributed by atoms with E-state index in [1.807, 2.05) is 0 Å². The topological polar surface area (TPSA) is 29.5 Å². The Hall–Kier alpha value is -0.280. The van der Waals surface area contributed by atoms with Gasteiger partial charge in [-0.05, 0) is 7.05 Å². The number of rotatable bonds is 0. The van der Waals surface area contributed by atoms with Crippen molar-refractivity contribution in [1.29, 1.82) is 0 Å². The van der Waals surface area contributed by atoms with Gasteiger partial charge in [-0.2, -0.15) is 0 Å². The van der Waals surface area contributed by atoms with Gasteiger partial charge in [0.1, 0.15) is 6.54 Å². The van der Waals surface area contributed by atoms with Gasteiger partial charge in [-0.25, -0.2) is 4.90 Å². The lowest BCUT2D eigenvalue weighted by Gasteiger charge is -2.06. The van der Waals surface area contributed by atoms with Crippen LogP contribution in [0.1, 0.15) is 0 Å². The molecule has 0 bridgehead atoms. The molecule has 1 saturated heterocycles. The summed E-state index contributed by atoms with van der Waals surface area (Å²) in [7, 11) is 1.72. The van der Waals surface area contributed by atoms with E-state index in [4.69, 9.17) is 11.6 Å². The third kappa shape index (κ3) is 0.928. The molecule has 1 atom stereocenters. The Bertz CT molecular complexity index is 105. The molecule has 0 spiro atoms. The highest BCUT2D eigenvalue weighted by Crippen LogP contribution is 2.10. The maximum absolute atomic E-state index is 10.3. The quantitative estimate of drug-likeness (QED) is 0.266. The molecule has 0 unspecified atom stereocenters. The average molecular weight is 136 g/mol. The van der Waals surface area contributed by atoms with Gasteiger partial charge in [-0.15, -0.1) is 0 Å². The number of nitrogens with zero attached hydrogens (tertiary/aromatic N) is 1. The van der Waals surface area contributed by atoms with Crippen LogP contribution in [0, 0.1) is 0 Å². The molecule has 0 aromatic heterocycles. The smallest absolute Gasteiger partial charge is 0.322 e. The summed E-state index contributed by atoms with van der Waals surface area (Å²) in [6, 6.07) is 0. The second-order valence-corrected chi connectivity index (χ2v) is 2.07. The van der Waals surface area contributed by atoms with Crippen molar-refractivity contribution < 1.29 is 9.53 Å². The van der Waals surface area contributed by atoms with E-state index < -0.39 is 5.69 Å². The number of likely N-dealkylation sites (N-methyl/N-ethyl adjacent to an activating group) is 1. The molecule has 0 amide bonds. The van der Waals surface area contributed by atoms with Gasteiger partial charge in [-0.3, -0.25) is 4.79 Å². The summed E-state index contributed by atoms with van der Waals surface area (Å²) in [5.74, 6) is -0.257. The fourth-order valence-corrected chi connectivity index (χ4v) is 0.679. The van der Waals surface area contributed by atoms with Crippen molar-refractivity contribution in [3.05, 3.63) is 0 Å². The highest BCUT2D eigenvalue weighted by Gasteiger charge is 2.26. The van der Waals surface area contributed by atoms with E-state index in [0.29, 0.717) is 6.54 Å². The van der Waals surface area contributed by atoms with Crippen LogP contribution >= 0.6 is 11.6 Å². The van der Waals surface area contributed by atoms with Crippen LogP contribution in [0.25, 0.3) is 0 Å². The molecule has 0 aromatic carbocycles. The molecule has 1 aliphatic rings. The summed E-state index contributed by atoms with van der Waals surface area (Å²) >= 11 is 5.44. The van der Waals surface area contributed by atoms with Crippen LogP contribution in [0.5, 0.6) is 0 Å². The predicted octanol–water partition coefficient (Wildman–Crippen LogP) is -0.00260. The molecule has 8 heavy (non-hydrogen) atoms. The van der Waals surface area contributed by atoms with Crippen molar-refractivity contribution in [2.24, 2.45) is 0 Å². The van der Waals surface area contributed by atoms with Gasteiger partial charge in [0.05, 0.1) is 0 Å². The fraction of sp³-hybridized carbons (Fsp3) is 0.750. The van der Waals surface area contributed by atoms with Crippen molar-refractivity contribution in [1.82, 2.24) is 4.90 Å². The Balaban J connectivity index is 2.51. The maximum Gasteiger partial charge on any atom is 0.322 e. The Kier molecular flexibility index (Phi) is 1.40. The molecule has 3 nitrogen and oxygen atoms in total. The van der Waals surface area contributed by atoms with E-state index in [2.05, 4.69) is 4.74 Å². The molecule has 1 heterocycles. The first-order valence-corrected chi connectivity index (χ1v) is 2.67. The molecular formula is C4H6ClNO2. The summed E-state index contributed by atoms with van der Waals surface area (Å²) in [5, 5.41) is 0. The van der Waals surface area contributed by atoms with Crippen molar-refractivity contribution in [2.45, 2.75) is 5.69 Å². The van der Waals surface area contributed by atoms with Crippen LogP contribution in [0.2, 0.25) is 0 Å². The van der Waals surface area contributed by atoms with Gasteiger partial charge in [-0.1, -0.05) is 11.6 Å². The number of carbonyl (C=O) groups excluding carboxylic acids is 1. The van der Waals surface area contributed by atoms with Crippen LogP contribution in [0.4, 0.5) is 0 Å². The third-order valence-corrected chi connectivity index (χ3v) is 1.38. The summed E-state index contributed by atoms with van der Waals surface area (Å²) in [5.41, 5.74) is -0.553.